The van der Waals surface area contributed by atoms with Crippen LogP contribution < -0.4 is 11.1 Å². The van der Waals surface area contributed by atoms with Gasteiger partial charge < -0.3 is 11.1 Å². The lowest BCUT2D eigenvalue weighted by atomic mass is 10.1. The van der Waals surface area contributed by atoms with Crippen molar-refractivity contribution < 1.29 is 0 Å². The van der Waals surface area contributed by atoms with Gasteiger partial charge >= 0.3 is 0 Å². The van der Waals surface area contributed by atoms with E-state index in [4.69, 9.17) is 11.0 Å². The summed E-state index contributed by atoms with van der Waals surface area (Å²) in [7, 11) is 0. The fourth-order valence-corrected chi connectivity index (χ4v) is 1.45. The minimum Gasteiger partial charge on any atom is -0.330 e. The molecule has 0 saturated heterocycles. The van der Waals surface area contributed by atoms with Gasteiger partial charge in [-0.25, -0.2) is 0 Å². The van der Waals surface area contributed by atoms with E-state index < -0.39 is 0 Å². The van der Waals surface area contributed by atoms with Crippen molar-refractivity contribution in [2.45, 2.75) is 19.9 Å². The third kappa shape index (κ3) is 3.37. The smallest absolute Gasteiger partial charge is 0.152 e. The highest BCUT2D eigenvalue weighted by atomic mass is 15.1. The quantitative estimate of drug-likeness (QED) is 0.716. The Morgan fingerprint density at radius 1 is 1.61 bits per heavy atom. The van der Waals surface area contributed by atoms with E-state index in [2.05, 4.69) is 27.0 Å². The molecule has 1 aliphatic rings. The van der Waals surface area contributed by atoms with Crippen LogP contribution in [0.2, 0.25) is 0 Å². The van der Waals surface area contributed by atoms with Crippen LogP contribution in [0.15, 0.2) is 38.5 Å². The Kier molecular flexibility index (Phi) is 4.96. The molecule has 0 saturated carbocycles. The Hall–Kier alpha value is -2.26. The van der Waals surface area contributed by atoms with Crippen LogP contribution in [0, 0.1) is 11.3 Å². The first-order chi connectivity index (χ1) is 8.62. The lowest BCUT2D eigenvalue weighted by Gasteiger charge is -2.18. The van der Waals surface area contributed by atoms with E-state index >= 15 is 0 Å². The predicted octanol–water partition coefficient (Wildman–Crippen LogP) is 0.746. The topological polar surface area (TPSA) is 98.9 Å². The van der Waals surface area contributed by atoms with Gasteiger partial charge in [0.2, 0.25) is 0 Å². The third-order valence-electron chi connectivity index (χ3n) is 2.04. The molecule has 18 heavy (non-hydrogen) atoms. The molecule has 0 unspecified atom stereocenters. The molecule has 0 aromatic heterocycles. The molecule has 1 aliphatic heterocycles. The summed E-state index contributed by atoms with van der Waals surface area (Å²) in [4.78, 5) is 12.3. The molecule has 1 rings (SSSR count). The maximum absolute atomic E-state index is 8.97. The molecule has 0 aromatic carbocycles. The number of nitrogens with two attached hydrogens (primary N) is 1. The van der Waals surface area contributed by atoms with E-state index in [1.807, 2.05) is 19.9 Å². The van der Waals surface area contributed by atoms with Crippen molar-refractivity contribution in [1.29, 1.82) is 5.26 Å². The zero-order valence-electron chi connectivity index (χ0n) is 10.5. The number of allylic oxidation sites excluding steroid dienone is 2. The average Bonchev–Trinajstić information content (AvgIpc) is 2.32. The molecule has 0 atom stereocenters. The first kappa shape index (κ1) is 13.8. The van der Waals surface area contributed by atoms with E-state index in [0.29, 0.717) is 22.8 Å². The largest absolute Gasteiger partial charge is 0.330 e. The summed E-state index contributed by atoms with van der Waals surface area (Å²) in [5, 5.41) is 11.9. The maximum atomic E-state index is 8.97. The number of amidine groups is 1. The van der Waals surface area contributed by atoms with Gasteiger partial charge in [-0.05, 0) is 26.6 Å². The van der Waals surface area contributed by atoms with E-state index in [1.54, 1.807) is 6.08 Å². The van der Waals surface area contributed by atoms with Crippen LogP contribution >= 0.6 is 0 Å². The minimum absolute atomic E-state index is 0.0754. The van der Waals surface area contributed by atoms with Crippen LogP contribution in [0.1, 0.15) is 13.8 Å². The number of nitrogens with one attached hydrogen (secondary N) is 1. The highest BCUT2D eigenvalue weighted by Gasteiger charge is 2.20. The van der Waals surface area contributed by atoms with Gasteiger partial charge in [-0.15, -0.1) is 0 Å². The third-order valence-corrected chi connectivity index (χ3v) is 2.04. The van der Waals surface area contributed by atoms with Crippen LogP contribution in [-0.4, -0.2) is 31.0 Å². The van der Waals surface area contributed by atoms with Crippen LogP contribution in [0.3, 0.4) is 0 Å². The van der Waals surface area contributed by atoms with Crippen molar-refractivity contribution in [3.05, 3.63) is 23.5 Å². The second-order valence-electron chi connectivity index (χ2n) is 3.82. The molecule has 0 fully saturated rings. The van der Waals surface area contributed by atoms with Gasteiger partial charge in [0.25, 0.3) is 0 Å². The Morgan fingerprint density at radius 3 is 2.83 bits per heavy atom. The maximum Gasteiger partial charge on any atom is 0.152 e. The van der Waals surface area contributed by atoms with Crippen LogP contribution in [0.5, 0.6) is 0 Å². The van der Waals surface area contributed by atoms with Gasteiger partial charge in [0.05, 0.1) is 6.67 Å². The van der Waals surface area contributed by atoms with Crippen molar-refractivity contribution in [3.8, 4) is 6.07 Å². The molecule has 94 valence electrons. The van der Waals surface area contributed by atoms with E-state index in [-0.39, 0.29) is 12.7 Å². The molecule has 0 aromatic rings. The lowest BCUT2D eigenvalue weighted by molar-refractivity contribution is 0.829. The van der Waals surface area contributed by atoms with E-state index in [1.165, 1.54) is 6.20 Å². The van der Waals surface area contributed by atoms with Crippen molar-refractivity contribution >= 4 is 18.3 Å². The fraction of sp³-hybridized carbons (Fsp3) is 0.333. The van der Waals surface area contributed by atoms with Crippen molar-refractivity contribution in [2.75, 3.05) is 6.67 Å². The van der Waals surface area contributed by atoms with E-state index in [9.17, 15) is 0 Å². The number of aliphatic imine (C=N–C) groups is 3. The Labute approximate surface area is 106 Å². The molecular formula is C12H16N6. The van der Waals surface area contributed by atoms with Crippen molar-refractivity contribution in [3.63, 3.8) is 0 Å². The van der Waals surface area contributed by atoms with Gasteiger partial charge in [-0.3, -0.25) is 15.0 Å². The molecule has 6 nitrogen and oxygen atoms in total. The lowest BCUT2D eigenvalue weighted by Crippen LogP contribution is -2.36. The molecule has 0 aliphatic carbocycles. The van der Waals surface area contributed by atoms with Gasteiger partial charge in [0.15, 0.2) is 5.84 Å². The number of rotatable bonds is 3. The van der Waals surface area contributed by atoms with E-state index in [0.717, 1.165) is 0 Å². The minimum atomic E-state index is 0.0754. The second kappa shape index (κ2) is 6.47. The first-order valence-corrected chi connectivity index (χ1v) is 5.50. The monoisotopic (exact) mass is 244 g/mol. The Bertz CT molecular complexity index is 487. The molecular weight excluding hydrogens is 228 g/mol. The summed E-state index contributed by atoms with van der Waals surface area (Å²) in [5.41, 5.74) is 7.10. The Morgan fingerprint density at radius 2 is 2.33 bits per heavy atom. The zero-order chi connectivity index (χ0) is 13.5. The summed E-state index contributed by atoms with van der Waals surface area (Å²) >= 11 is 0. The summed E-state index contributed by atoms with van der Waals surface area (Å²) in [6.07, 6.45) is 3.17. The molecule has 0 bridgehead atoms. The second-order valence-corrected chi connectivity index (χ2v) is 3.82. The predicted molar refractivity (Wildman–Crippen MR) is 73.5 cm³/mol. The summed E-state index contributed by atoms with van der Waals surface area (Å²) < 4.78 is 0. The van der Waals surface area contributed by atoms with Crippen LogP contribution in [0.25, 0.3) is 0 Å². The standard InChI is InChI=1S/C12H16N6/c1-8(2)17-12-11(16-7-14)9(6-15-3)4-10(5-13)18-12/h4,6,8H,3,7,14H2,1-2H3,(H,17,18)/b9-6-,16-11?. The number of hydrogen-bond acceptors (Lipinski definition) is 5. The van der Waals surface area contributed by atoms with Crippen molar-refractivity contribution in [1.82, 2.24) is 5.32 Å². The summed E-state index contributed by atoms with van der Waals surface area (Å²) in [6, 6.07) is 2.11. The first-order valence-electron chi connectivity index (χ1n) is 5.50. The van der Waals surface area contributed by atoms with Gasteiger partial charge in [-0.2, -0.15) is 5.26 Å². The van der Waals surface area contributed by atoms with Crippen LogP contribution in [0.4, 0.5) is 0 Å². The fourth-order valence-electron chi connectivity index (χ4n) is 1.45. The molecule has 3 N–H and O–H groups in total. The average molecular weight is 244 g/mol. The zero-order valence-corrected chi connectivity index (χ0v) is 10.5. The van der Waals surface area contributed by atoms with Gasteiger partial charge in [0, 0.05) is 17.8 Å². The highest BCUT2D eigenvalue weighted by molar-refractivity contribution is 6.49. The number of hydrogen-bond donors (Lipinski definition) is 2. The number of nitrogens with zero attached hydrogens (tertiary/aromatic N) is 4. The van der Waals surface area contributed by atoms with Gasteiger partial charge in [-0.1, -0.05) is 0 Å². The molecule has 0 radical (unpaired) electrons. The number of nitriles is 1. The molecule has 0 spiro atoms. The van der Waals surface area contributed by atoms with Crippen molar-refractivity contribution in [2.24, 2.45) is 20.7 Å². The normalized spacial score (nSPS) is 21.9. The highest BCUT2D eigenvalue weighted by Crippen LogP contribution is 2.12. The van der Waals surface area contributed by atoms with Crippen LogP contribution in [-0.2, 0) is 0 Å². The summed E-state index contributed by atoms with van der Waals surface area (Å²) in [5.74, 6) is 0.532. The Balaban J connectivity index is 3.34. The molecule has 6 heteroatoms. The molecule has 0 amide bonds. The SMILES string of the molecule is C=N/C=C1/C=C(C#N)NC(=NC(C)C)C1=NCN. The molecule has 1 heterocycles. The van der Waals surface area contributed by atoms with Gasteiger partial charge in [0.1, 0.15) is 17.5 Å². The summed E-state index contributed by atoms with van der Waals surface area (Å²) in [6.45, 7) is 7.42.